The summed E-state index contributed by atoms with van der Waals surface area (Å²) >= 11 is 0. The van der Waals surface area contributed by atoms with Gasteiger partial charge in [0.05, 0.1) is 5.69 Å². The molecule has 92 valence electrons. The number of piperidine rings is 1. The molecule has 2 aromatic rings. The van der Waals surface area contributed by atoms with E-state index in [1.54, 1.807) is 0 Å². The van der Waals surface area contributed by atoms with E-state index in [0.29, 0.717) is 5.92 Å². The lowest BCUT2D eigenvalue weighted by molar-refractivity contribution is 0.404. The summed E-state index contributed by atoms with van der Waals surface area (Å²) in [7, 11) is 0. The molecule has 2 heterocycles. The molecule has 0 radical (unpaired) electrons. The smallest absolute Gasteiger partial charge is 0.167 e. The average Bonchev–Trinajstić information content (AvgIpc) is 2.73. The lowest BCUT2D eigenvalue weighted by Gasteiger charge is -2.20. The first-order valence-corrected chi connectivity index (χ1v) is 5.91. The quantitative estimate of drug-likeness (QED) is 0.848. The van der Waals surface area contributed by atoms with Crippen LogP contribution in [0, 0.1) is 6.92 Å². The van der Waals surface area contributed by atoms with Gasteiger partial charge in [-0.1, -0.05) is 16.8 Å². The second-order valence-electron chi connectivity index (χ2n) is 4.59. The average molecular weight is 253 g/mol. The molecule has 17 heavy (non-hydrogen) atoms. The fourth-order valence-electron chi connectivity index (χ4n) is 2.46. The van der Waals surface area contributed by atoms with Crippen LogP contribution in [0.1, 0.15) is 30.0 Å². The van der Waals surface area contributed by atoms with Gasteiger partial charge in [0.15, 0.2) is 5.58 Å². The van der Waals surface area contributed by atoms with Crippen molar-refractivity contribution in [2.24, 2.45) is 0 Å². The van der Waals surface area contributed by atoms with Crippen molar-refractivity contribution in [1.29, 1.82) is 0 Å². The molecule has 0 bridgehead atoms. The van der Waals surface area contributed by atoms with Crippen LogP contribution in [0.2, 0.25) is 0 Å². The Bertz CT molecular complexity index is 503. The van der Waals surface area contributed by atoms with Crippen molar-refractivity contribution in [1.82, 2.24) is 10.5 Å². The third kappa shape index (κ3) is 2.31. The maximum atomic E-state index is 5.39. The van der Waals surface area contributed by atoms with Crippen molar-refractivity contribution in [2.45, 2.75) is 25.7 Å². The molecule has 3 rings (SSSR count). The van der Waals surface area contributed by atoms with Crippen molar-refractivity contribution < 1.29 is 4.52 Å². The molecule has 0 amide bonds. The van der Waals surface area contributed by atoms with Gasteiger partial charge in [0.25, 0.3) is 0 Å². The molecule has 0 spiro atoms. The summed E-state index contributed by atoms with van der Waals surface area (Å²) in [6.07, 6.45) is 2.32. The Kier molecular flexibility index (Phi) is 3.69. The van der Waals surface area contributed by atoms with E-state index in [4.69, 9.17) is 4.52 Å². The molecule has 1 aliphatic rings. The lowest BCUT2D eigenvalue weighted by atomic mass is 9.92. The van der Waals surface area contributed by atoms with Crippen LogP contribution in [0.15, 0.2) is 22.7 Å². The predicted molar refractivity (Wildman–Crippen MR) is 70.8 cm³/mol. The van der Waals surface area contributed by atoms with Gasteiger partial charge >= 0.3 is 0 Å². The maximum absolute atomic E-state index is 5.39. The van der Waals surface area contributed by atoms with E-state index >= 15 is 0 Å². The van der Waals surface area contributed by atoms with E-state index in [2.05, 4.69) is 29.5 Å². The van der Waals surface area contributed by atoms with Crippen LogP contribution in [0.3, 0.4) is 0 Å². The molecular formula is C13H17ClN2O. The van der Waals surface area contributed by atoms with Gasteiger partial charge in [0.1, 0.15) is 0 Å². The van der Waals surface area contributed by atoms with Crippen molar-refractivity contribution in [2.75, 3.05) is 13.1 Å². The number of aromatic nitrogens is 1. The van der Waals surface area contributed by atoms with Crippen LogP contribution in [-0.4, -0.2) is 18.2 Å². The summed E-state index contributed by atoms with van der Waals surface area (Å²) < 4.78 is 5.39. The van der Waals surface area contributed by atoms with Gasteiger partial charge in [-0.3, -0.25) is 0 Å². The summed E-state index contributed by atoms with van der Waals surface area (Å²) in [5.74, 6) is 0.560. The minimum atomic E-state index is 0. The molecule has 1 N–H and O–H groups in total. The first-order valence-electron chi connectivity index (χ1n) is 5.91. The molecule has 3 nitrogen and oxygen atoms in total. The van der Waals surface area contributed by atoms with Crippen molar-refractivity contribution in [3.63, 3.8) is 0 Å². The number of nitrogens with zero attached hydrogens (tertiary/aromatic N) is 1. The highest BCUT2D eigenvalue weighted by Crippen LogP contribution is 2.31. The first kappa shape index (κ1) is 12.4. The van der Waals surface area contributed by atoms with Gasteiger partial charge in [-0.05, 0) is 45.0 Å². The topological polar surface area (TPSA) is 38.1 Å². The van der Waals surface area contributed by atoms with Crippen molar-refractivity contribution in [3.8, 4) is 0 Å². The molecule has 1 aromatic carbocycles. The third-order valence-electron chi connectivity index (χ3n) is 3.38. The Balaban J connectivity index is 0.00000108. The number of hydrogen-bond acceptors (Lipinski definition) is 3. The van der Waals surface area contributed by atoms with E-state index < -0.39 is 0 Å². The molecule has 1 aliphatic heterocycles. The molecule has 4 heteroatoms. The molecule has 1 fully saturated rings. The summed E-state index contributed by atoms with van der Waals surface area (Å²) in [6.45, 7) is 4.29. The van der Waals surface area contributed by atoms with E-state index in [-0.39, 0.29) is 12.4 Å². The SMILES string of the molecule is Cc1ccc2onc(C3CCNCC3)c2c1.Cl. The standard InChI is InChI=1S/C13H16N2O.ClH/c1-9-2-3-12-11(8-9)13(15-16-12)10-4-6-14-7-5-10;/h2-3,8,10,14H,4-7H2,1H3;1H. The maximum Gasteiger partial charge on any atom is 0.167 e. The highest BCUT2D eigenvalue weighted by Gasteiger charge is 2.21. The highest BCUT2D eigenvalue weighted by molar-refractivity contribution is 5.85. The van der Waals surface area contributed by atoms with Gasteiger partial charge in [-0.15, -0.1) is 12.4 Å². The van der Waals surface area contributed by atoms with Gasteiger partial charge in [0.2, 0.25) is 0 Å². The number of hydrogen-bond donors (Lipinski definition) is 1. The summed E-state index contributed by atoms with van der Waals surface area (Å²) in [6, 6.07) is 6.27. The number of aryl methyl sites for hydroxylation is 1. The van der Waals surface area contributed by atoms with E-state index in [0.717, 1.165) is 37.2 Å². The van der Waals surface area contributed by atoms with Crippen LogP contribution in [-0.2, 0) is 0 Å². The van der Waals surface area contributed by atoms with E-state index in [1.165, 1.54) is 10.9 Å². The van der Waals surface area contributed by atoms with E-state index in [9.17, 15) is 0 Å². The Hall–Kier alpha value is -1.06. The number of nitrogens with one attached hydrogen (secondary N) is 1. The molecule has 0 saturated carbocycles. The number of halogens is 1. The molecular weight excluding hydrogens is 236 g/mol. The minimum absolute atomic E-state index is 0. The Morgan fingerprint density at radius 3 is 2.82 bits per heavy atom. The summed E-state index contributed by atoms with van der Waals surface area (Å²) in [5, 5.41) is 8.84. The van der Waals surface area contributed by atoms with Crippen LogP contribution in [0.25, 0.3) is 11.0 Å². The Morgan fingerprint density at radius 1 is 1.29 bits per heavy atom. The molecule has 0 aliphatic carbocycles. The summed E-state index contributed by atoms with van der Waals surface area (Å²) in [5.41, 5.74) is 3.34. The second-order valence-corrected chi connectivity index (χ2v) is 4.59. The van der Waals surface area contributed by atoms with Crippen LogP contribution >= 0.6 is 12.4 Å². The number of fused-ring (bicyclic) bond motifs is 1. The first-order chi connectivity index (χ1) is 7.84. The fourth-order valence-corrected chi connectivity index (χ4v) is 2.46. The lowest BCUT2D eigenvalue weighted by Crippen LogP contribution is -2.26. The zero-order chi connectivity index (χ0) is 11.0. The van der Waals surface area contributed by atoms with E-state index in [1.807, 2.05) is 6.07 Å². The van der Waals surface area contributed by atoms with Crippen molar-refractivity contribution in [3.05, 3.63) is 29.5 Å². The predicted octanol–water partition coefficient (Wildman–Crippen LogP) is 3.03. The highest BCUT2D eigenvalue weighted by atomic mass is 35.5. The van der Waals surface area contributed by atoms with Crippen LogP contribution in [0.4, 0.5) is 0 Å². The largest absolute Gasteiger partial charge is 0.356 e. The zero-order valence-electron chi connectivity index (χ0n) is 9.90. The van der Waals surface area contributed by atoms with Crippen molar-refractivity contribution >= 4 is 23.4 Å². The van der Waals surface area contributed by atoms with Gasteiger partial charge in [-0.2, -0.15) is 0 Å². The fraction of sp³-hybridized carbons (Fsp3) is 0.462. The monoisotopic (exact) mass is 252 g/mol. The molecule has 0 atom stereocenters. The van der Waals surface area contributed by atoms with Crippen LogP contribution in [0.5, 0.6) is 0 Å². The Labute approximate surface area is 107 Å². The third-order valence-corrected chi connectivity index (χ3v) is 3.38. The normalized spacial score (nSPS) is 17.0. The summed E-state index contributed by atoms with van der Waals surface area (Å²) in [4.78, 5) is 0. The molecule has 0 unspecified atom stereocenters. The van der Waals surface area contributed by atoms with Gasteiger partial charge in [-0.25, -0.2) is 0 Å². The second kappa shape index (κ2) is 5.07. The number of benzene rings is 1. The number of rotatable bonds is 1. The molecule has 1 aromatic heterocycles. The molecule has 1 saturated heterocycles. The minimum Gasteiger partial charge on any atom is -0.356 e. The zero-order valence-corrected chi connectivity index (χ0v) is 10.7. The van der Waals surface area contributed by atoms with Gasteiger partial charge in [0, 0.05) is 11.3 Å². The van der Waals surface area contributed by atoms with Gasteiger partial charge < -0.3 is 9.84 Å². The van der Waals surface area contributed by atoms with Crippen LogP contribution < -0.4 is 5.32 Å². The Morgan fingerprint density at radius 2 is 2.06 bits per heavy atom.